The largest absolute Gasteiger partial charge is 0.374 e. The number of nitrogens with zero attached hydrogens (tertiary/aromatic N) is 2. The molecule has 1 fully saturated rings. The summed E-state index contributed by atoms with van der Waals surface area (Å²) in [5.74, 6) is 2.48. The second kappa shape index (κ2) is 8.01. The summed E-state index contributed by atoms with van der Waals surface area (Å²) >= 11 is 0. The fourth-order valence-corrected chi connectivity index (χ4v) is 3.54. The van der Waals surface area contributed by atoms with Crippen molar-refractivity contribution < 1.29 is 0 Å². The monoisotopic (exact) mass is 302 g/mol. The molecule has 0 amide bonds. The van der Waals surface area contributed by atoms with Crippen molar-refractivity contribution in [2.24, 2.45) is 17.8 Å². The number of likely N-dealkylation sites (tertiary alicyclic amines) is 1. The quantitative estimate of drug-likeness (QED) is 0.755. The summed E-state index contributed by atoms with van der Waals surface area (Å²) in [6, 6.07) is 9.17. The molecular weight excluding hydrogens is 268 g/mol. The van der Waals surface area contributed by atoms with Gasteiger partial charge in [0.25, 0.3) is 0 Å². The summed E-state index contributed by atoms with van der Waals surface area (Å²) in [5, 5.41) is 0. The molecule has 1 aromatic rings. The van der Waals surface area contributed by atoms with Crippen molar-refractivity contribution >= 4 is 5.69 Å². The van der Waals surface area contributed by atoms with E-state index < -0.39 is 0 Å². The van der Waals surface area contributed by atoms with E-state index in [0.29, 0.717) is 5.92 Å². The fraction of sp³-hybridized carbons (Fsp3) is 0.700. The SMILES string of the molecule is CC(C)CN(C)c1ccc(CN2CCC(C(C)C)CC2)cc1. The summed E-state index contributed by atoms with van der Waals surface area (Å²) in [4.78, 5) is 4.97. The van der Waals surface area contributed by atoms with Crippen LogP contribution >= 0.6 is 0 Å². The van der Waals surface area contributed by atoms with Crippen LogP contribution in [0.25, 0.3) is 0 Å². The first-order valence-electron chi connectivity index (χ1n) is 8.98. The van der Waals surface area contributed by atoms with Crippen molar-refractivity contribution in [3.8, 4) is 0 Å². The van der Waals surface area contributed by atoms with E-state index in [1.165, 1.54) is 37.2 Å². The van der Waals surface area contributed by atoms with E-state index in [1.54, 1.807) is 0 Å². The first kappa shape index (κ1) is 17.3. The molecule has 0 radical (unpaired) electrons. The van der Waals surface area contributed by atoms with Crippen LogP contribution in [0.15, 0.2) is 24.3 Å². The van der Waals surface area contributed by atoms with Gasteiger partial charge in [-0.05, 0) is 61.4 Å². The molecule has 2 nitrogen and oxygen atoms in total. The second-order valence-corrected chi connectivity index (χ2v) is 7.80. The summed E-state index contributed by atoms with van der Waals surface area (Å²) in [5.41, 5.74) is 2.78. The maximum atomic E-state index is 2.62. The molecule has 1 aromatic carbocycles. The van der Waals surface area contributed by atoms with E-state index in [2.05, 4.69) is 68.8 Å². The van der Waals surface area contributed by atoms with Crippen molar-refractivity contribution in [2.75, 3.05) is 31.6 Å². The highest BCUT2D eigenvalue weighted by Crippen LogP contribution is 2.25. The third kappa shape index (κ3) is 5.01. The van der Waals surface area contributed by atoms with Crippen LogP contribution in [-0.4, -0.2) is 31.6 Å². The molecule has 0 saturated carbocycles. The van der Waals surface area contributed by atoms with Crippen LogP contribution in [0.5, 0.6) is 0 Å². The van der Waals surface area contributed by atoms with Gasteiger partial charge in [-0.3, -0.25) is 4.90 Å². The lowest BCUT2D eigenvalue weighted by Gasteiger charge is -2.34. The Morgan fingerprint density at radius 1 is 1.05 bits per heavy atom. The molecule has 0 aromatic heterocycles. The van der Waals surface area contributed by atoms with Crippen LogP contribution in [0.2, 0.25) is 0 Å². The number of hydrogen-bond acceptors (Lipinski definition) is 2. The minimum Gasteiger partial charge on any atom is -0.374 e. The predicted octanol–water partition coefficient (Wildman–Crippen LogP) is 4.65. The lowest BCUT2D eigenvalue weighted by atomic mass is 9.86. The van der Waals surface area contributed by atoms with Crippen molar-refractivity contribution in [3.63, 3.8) is 0 Å². The van der Waals surface area contributed by atoms with Crippen molar-refractivity contribution in [3.05, 3.63) is 29.8 Å². The predicted molar refractivity (Wildman–Crippen MR) is 97.4 cm³/mol. The van der Waals surface area contributed by atoms with Gasteiger partial charge >= 0.3 is 0 Å². The molecule has 0 spiro atoms. The van der Waals surface area contributed by atoms with Crippen LogP contribution in [0.3, 0.4) is 0 Å². The molecule has 2 heteroatoms. The summed E-state index contributed by atoms with van der Waals surface area (Å²) in [7, 11) is 2.19. The van der Waals surface area contributed by atoms with E-state index in [1.807, 2.05) is 0 Å². The first-order chi connectivity index (χ1) is 10.5. The molecule has 0 N–H and O–H groups in total. The third-order valence-electron chi connectivity index (χ3n) is 5.00. The van der Waals surface area contributed by atoms with Crippen LogP contribution in [0.1, 0.15) is 46.1 Å². The number of hydrogen-bond donors (Lipinski definition) is 0. The molecule has 0 bridgehead atoms. The molecule has 1 saturated heterocycles. The van der Waals surface area contributed by atoms with Gasteiger partial charge in [-0.2, -0.15) is 0 Å². The standard InChI is InChI=1S/C20H34N2/c1-16(2)14-21(5)20-8-6-18(7-9-20)15-22-12-10-19(11-13-22)17(3)4/h6-9,16-17,19H,10-15H2,1-5H3. The Morgan fingerprint density at radius 3 is 2.14 bits per heavy atom. The molecule has 1 aliphatic rings. The first-order valence-corrected chi connectivity index (χ1v) is 8.98. The highest BCUT2D eigenvalue weighted by atomic mass is 15.1. The Balaban J connectivity index is 1.84. The maximum Gasteiger partial charge on any atom is 0.0363 e. The van der Waals surface area contributed by atoms with Gasteiger partial charge < -0.3 is 4.90 Å². The van der Waals surface area contributed by atoms with E-state index in [4.69, 9.17) is 0 Å². The molecule has 2 rings (SSSR count). The van der Waals surface area contributed by atoms with Gasteiger partial charge in [0.05, 0.1) is 0 Å². The number of anilines is 1. The topological polar surface area (TPSA) is 6.48 Å². The Hall–Kier alpha value is -1.02. The Labute approximate surface area is 137 Å². The van der Waals surface area contributed by atoms with Crippen LogP contribution < -0.4 is 4.90 Å². The number of rotatable bonds is 6. The minimum absolute atomic E-state index is 0.701. The molecule has 0 aliphatic carbocycles. The summed E-state index contributed by atoms with van der Waals surface area (Å²) in [6.45, 7) is 14.0. The van der Waals surface area contributed by atoms with Gasteiger partial charge in [-0.15, -0.1) is 0 Å². The van der Waals surface area contributed by atoms with Crippen molar-refractivity contribution in [1.29, 1.82) is 0 Å². The average molecular weight is 303 g/mol. The Bertz CT molecular complexity index is 428. The van der Waals surface area contributed by atoms with Gasteiger partial charge in [0.2, 0.25) is 0 Å². The zero-order chi connectivity index (χ0) is 16.1. The fourth-order valence-electron chi connectivity index (χ4n) is 3.54. The van der Waals surface area contributed by atoms with Crippen LogP contribution in [-0.2, 0) is 6.54 Å². The van der Waals surface area contributed by atoms with Crippen LogP contribution in [0, 0.1) is 17.8 Å². The highest BCUT2D eigenvalue weighted by Gasteiger charge is 2.21. The number of benzene rings is 1. The van der Waals surface area contributed by atoms with Gasteiger partial charge in [0.15, 0.2) is 0 Å². The smallest absolute Gasteiger partial charge is 0.0363 e. The van der Waals surface area contributed by atoms with Crippen molar-refractivity contribution in [1.82, 2.24) is 4.90 Å². The zero-order valence-corrected chi connectivity index (χ0v) is 15.2. The maximum absolute atomic E-state index is 2.62. The van der Waals surface area contributed by atoms with Gasteiger partial charge in [-0.1, -0.05) is 39.8 Å². The lowest BCUT2D eigenvalue weighted by Crippen LogP contribution is -2.34. The highest BCUT2D eigenvalue weighted by molar-refractivity contribution is 5.46. The summed E-state index contributed by atoms with van der Waals surface area (Å²) in [6.07, 6.45) is 2.74. The van der Waals surface area contributed by atoms with E-state index in [0.717, 1.165) is 24.9 Å². The Morgan fingerprint density at radius 2 is 1.64 bits per heavy atom. The van der Waals surface area contributed by atoms with E-state index in [9.17, 15) is 0 Å². The van der Waals surface area contributed by atoms with Gasteiger partial charge in [0.1, 0.15) is 0 Å². The van der Waals surface area contributed by atoms with E-state index in [-0.39, 0.29) is 0 Å². The van der Waals surface area contributed by atoms with Crippen LogP contribution in [0.4, 0.5) is 5.69 Å². The van der Waals surface area contributed by atoms with Gasteiger partial charge in [-0.25, -0.2) is 0 Å². The molecule has 124 valence electrons. The average Bonchev–Trinajstić information content (AvgIpc) is 2.48. The second-order valence-electron chi connectivity index (χ2n) is 7.80. The molecule has 1 aliphatic heterocycles. The van der Waals surface area contributed by atoms with Gasteiger partial charge in [0, 0.05) is 25.8 Å². The molecular formula is C20H34N2. The third-order valence-corrected chi connectivity index (χ3v) is 5.00. The lowest BCUT2D eigenvalue weighted by molar-refractivity contribution is 0.152. The zero-order valence-electron chi connectivity index (χ0n) is 15.2. The molecule has 0 unspecified atom stereocenters. The van der Waals surface area contributed by atoms with Crippen molar-refractivity contribution in [2.45, 2.75) is 47.1 Å². The molecule has 1 heterocycles. The molecule has 0 atom stereocenters. The normalized spacial score (nSPS) is 17.4. The molecule has 22 heavy (non-hydrogen) atoms. The van der Waals surface area contributed by atoms with E-state index >= 15 is 0 Å². The summed E-state index contributed by atoms with van der Waals surface area (Å²) < 4.78 is 0. The number of piperidine rings is 1. The minimum atomic E-state index is 0.701. The Kier molecular flexibility index (Phi) is 6.31.